The van der Waals surface area contributed by atoms with E-state index in [-0.39, 0.29) is 24.3 Å². The number of anilines is 1. The number of hydrogen-bond acceptors (Lipinski definition) is 4. The lowest BCUT2D eigenvalue weighted by atomic mass is 10.0. The van der Waals surface area contributed by atoms with Crippen molar-refractivity contribution in [2.24, 2.45) is 0 Å². The lowest BCUT2D eigenvalue weighted by molar-refractivity contribution is 0.0946. The molecule has 1 aliphatic heterocycles. The first-order chi connectivity index (χ1) is 14.2. The fraction of sp³-hybridized carbons (Fsp3) is 0.217. The second-order valence-corrected chi connectivity index (χ2v) is 7.06. The van der Waals surface area contributed by atoms with Gasteiger partial charge in [0.1, 0.15) is 17.3 Å². The largest absolute Gasteiger partial charge is 0.353 e. The minimum Gasteiger partial charge on any atom is -0.353 e. The molecule has 1 saturated heterocycles. The average molecular weight is 390 g/mol. The van der Waals surface area contributed by atoms with Gasteiger partial charge in [-0.25, -0.2) is 9.37 Å². The summed E-state index contributed by atoms with van der Waals surface area (Å²) in [5, 5.41) is 6.34. The third kappa shape index (κ3) is 4.78. The van der Waals surface area contributed by atoms with E-state index in [0.29, 0.717) is 11.3 Å². The Morgan fingerprint density at radius 3 is 2.76 bits per heavy atom. The van der Waals surface area contributed by atoms with Gasteiger partial charge in [0.2, 0.25) is 0 Å². The number of carbonyl (C=O) groups excluding carboxylic acids is 1. The molecular weight excluding hydrogens is 367 g/mol. The molecule has 0 aliphatic carbocycles. The van der Waals surface area contributed by atoms with Crippen molar-refractivity contribution in [3.8, 4) is 0 Å². The maximum absolute atomic E-state index is 13.3. The monoisotopic (exact) mass is 390 g/mol. The van der Waals surface area contributed by atoms with E-state index >= 15 is 0 Å². The quantitative estimate of drug-likeness (QED) is 0.702. The summed E-state index contributed by atoms with van der Waals surface area (Å²) in [6.07, 6.45) is 0. The zero-order chi connectivity index (χ0) is 20.1. The van der Waals surface area contributed by atoms with E-state index in [1.807, 2.05) is 30.3 Å². The van der Waals surface area contributed by atoms with E-state index in [2.05, 4.69) is 32.7 Å². The second kappa shape index (κ2) is 8.84. The van der Waals surface area contributed by atoms with Crippen LogP contribution in [0, 0.1) is 5.82 Å². The highest BCUT2D eigenvalue weighted by atomic mass is 19.1. The van der Waals surface area contributed by atoms with E-state index < -0.39 is 0 Å². The van der Waals surface area contributed by atoms with E-state index in [0.717, 1.165) is 25.5 Å². The summed E-state index contributed by atoms with van der Waals surface area (Å²) in [5.41, 5.74) is 2.30. The van der Waals surface area contributed by atoms with E-state index in [9.17, 15) is 9.18 Å². The van der Waals surface area contributed by atoms with Crippen LogP contribution in [0.4, 0.5) is 10.2 Å². The van der Waals surface area contributed by atoms with Gasteiger partial charge in [-0.05, 0) is 35.4 Å². The van der Waals surface area contributed by atoms with Crippen LogP contribution in [-0.4, -0.2) is 30.5 Å². The van der Waals surface area contributed by atoms with Gasteiger partial charge in [0.25, 0.3) is 5.91 Å². The molecule has 6 heteroatoms. The predicted octanol–water partition coefficient (Wildman–Crippen LogP) is 3.30. The summed E-state index contributed by atoms with van der Waals surface area (Å²) in [6.45, 7) is 2.71. The summed E-state index contributed by atoms with van der Waals surface area (Å²) >= 11 is 0. The van der Waals surface area contributed by atoms with Crippen LogP contribution in [0.25, 0.3) is 0 Å². The van der Waals surface area contributed by atoms with Gasteiger partial charge in [-0.15, -0.1) is 0 Å². The Labute approximate surface area is 169 Å². The van der Waals surface area contributed by atoms with Crippen LogP contribution in [0.2, 0.25) is 0 Å². The number of nitrogens with one attached hydrogen (secondary N) is 2. The summed E-state index contributed by atoms with van der Waals surface area (Å²) in [5.74, 6) is 0.195. The molecule has 2 heterocycles. The fourth-order valence-corrected chi connectivity index (χ4v) is 3.51. The molecule has 2 N–H and O–H groups in total. The second-order valence-electron chi connectivity index (χ2n) is 7.06. The smallest absolute Gasteiger partial charge is 0.270 e. The average Bonchev–Trinajstić information content (AvgIpc) is 2.78. The Morgan fingerprint density at radius 1 is 1.10 bits per heavy atom. The zero-order valence-corrected chi connectivity index (χ0v) is 16.0. The Morgan fingerprint density at radius 2 is 1.93 bits per heavy atom. The van der Waals surface area contributed by atoms with Crippen molar-refractivity contribution in [3.63, 3.8) is 0 Å². The fourth-order valence-electron chi connectivity index (χ4n) is 3.51. The van der Waals surface area contributed by atoms with Crippen molar-refractivity contribution in [1.29, 1.82) is 0 Å². The van der Waals surface area contributed by atoms with Gasteiger partial charge in [0, 0.05) is 32.2 Å². The molecule has 5 nitrogen and oxygen atoms in total. The summed E-state index contributed by atoms with van der Waals surface area (Å²) in [7, 11) is 0. The third-order valence-corrected chi connectivity index (χ3v) is 5.01. The molecule has 29 heavy (non-hydrogen) atoms. The van der Waals surface area contributed by atoms with Gasteiger partial charge >= 0.3 is 0 Å². The van der Waals surface area contributed by atoms with Gasteiger partial charge in [0.05, 0.1) is 0 Å². The van der Waals surface area contributed by atoms with Crippen LogP contribution < -0.4 is 15.5 Å². The van der Waals surface area contributed by atoms with Gasteiger partial charge < -0.3 is 15.5 Å². The number of rotatable bonds is 5. The Balaban J connectivity index is 1.43. The van der Waals surface area contributed by atoms with E-state index in [1.165, 1.54) is 17.7 Å². The predicted molar refractivity (Wildman–Crippen MR) is 111 cm³/mol. The number of benzene rings is 2. The van der Waals surface area contributed by atoms with Crippen molar-refractivity contribution >= 4 is 11.7 Å². The highest BCUT2D eigenvalue weighted by Crippen LogP contribution is 2.21. The number of aromatic nitrogens is 1. The summed E-state index contributed by atoms with van der Waals surface area (Å²) in [4.78, 5) is 19.3. The minimum absolute atomic E-state index is 0.220. The topological polar surface area (TPSA) is 57.3 Å². The molecule has 0 bridgehead atoms. The van der Waals surface area contributed by atoms with E-state index in [1.54, 1.807) is 18.2 Å². The van der Waals surface area contributed by atoms with E-state index in [4.69, 9.17) is 0 Å². The number of hydrogen-bond donors (Lipinski definition) is 2. The molecule has 1 amide bonds. The van der Waals surface area contributed by atoms with Crippen LogP contribution in [-0.2, 0) is 6.54 Å². The number of halogens is 1. The SMILES string of the molecule is O=C(NCc1cccc(F)c1)c1cccc(N2CCNC(c3ccccc3)C2)n1. The summed E-state index contributed by atoms with van der Waals surface area (Å²) in [6, 6.07) is 22.2. The molecule has 2 aromatic carbocycles. The first kappa shape index (κ1) is 19.1. The zero-order valence-electron chi connectivity index (χ0n) is 16.0. The normalized spacial score (nSPS) is 16.4. The van der Waals surface area contributed by atoms with Crippen LogP contribution in [0.5, 0.6) is 0 Å². The maximum Gasteiger partial charge on any atom is 0.270 e. The molecule has 0 saturated carbocycles. The van der Waals surface area contributed by atoms with Crippen molar-refractivity contribution < 1.29 is 9.18 Å². The number of amides is 1. The van der Waals surface area contributed by atoms with Gasteiger partial charge in [-0.3, -0.25) is 4.79 Å². The summed E-state index contributed by atoms with van der Waals surface area (Å²) < 4.78 is 13.3. The lowest BCUT2D eigenvalue weighted by Gasteiger charge is -2.34. The number of piperazine rings is 1. The molecular formula is C23H23FN4O. The Hall–Kier alpha value is -3.25. The number of pyridine rings is 1. The van der Waals surface area contributed by atoms with Crippen LogP contribution >= 0.6 is 0 Å². The maximum atomic E-state index is 13.3. The molecule has 148 valence electrons. The van der Waals surface area contributed by atoms with Gasteiger partial charge in [-0.1, -0.05) is 48.5 Å². The first-order valence-electron chi connectivity index (χ1n) is 9.72. The van der Waals surface area contributed by atoms with Crippen molar-refractivity contribution in [3.05, 3.63) is 95.4 Å². The molecule has 1 fully saturated rings. The van der Waals surface area contributed by atoms with Crippen LogP contribution in [0.1, 0.15) is 27.7 Å². The molecule has 1 aliphatic rings. The highest BCUT2D eigenvalue weighted by Gasteiger charge is 2.22. The number of carbonyl (C=O) groups is 1. The van der Waals surface area contributed by atoms with Crippen molar-refractivity contribution in [1.82, 2.24) is 15.6 Å². The Kier molecular flexibility index (Phi) is 5.81. The lowest BCUT2D eigenvalue weighted by Crippen LogP contribution is -2.46. The molecule has 4 rings (SSSR count). The van der Waals surface area contributed by atoms with Crippen molar-refractivity contribution in [2.75, 3.05) is 24.5 Å². The van der Waals surface area contributed by atoms with Gasteiger partial charge in [0.15, 0.2) is 0 Å². The standard InChI is InChI=1S/C23H23FN4O/c24-19-9-4-6-17(14-19)15-26-23(29)20-10-5-11-22(27-20)28-13-12-25-21(16-28)18-7-2-1-3-8-18/h1-11,14,21,25H,12-13,15-16H2,(H,26,29). The van der Waals surface area contributed by atoms with Crippen LogP contribution in [0.3, 0.4) is 0 Å². The van der Waals surface area contributed by atoms with Gasteiger partial charge in [-0.2, -0.15) is 0 Å². The number of nitrogens with zero attached hydrogens (tertiary/aromatic N) is 2. The molecule has 3 aromatic rings. The third-order valence-electron chi connectivity index (χ3n) is 5.01. The highest BCUT2D eigenvalue weighted by molar-refractivity contribution is 5.92. The van der Waals surface area contributed by atoms with Crippen molar-refractivity contribution in [2.45, 2.75) is 12.6 Å². The Bertz CT molecular complexity index is 979. The molecule has 1 atom stereocenters. The molecule has 0 radical (unpaired) electrons. The molecule has 1 unspecified atom stereocenters. The van der Waals surface area contributed by atoms with Crippen LogP contribution in [0.15, 0.2) is 72.8 Å². The molecule has 1 aromatic heterocycles. The molecule has 0 spiro atoms. The minimum atomic E-state index is -0.316. The first-order valence-corrected chi connectivity index (χ1v) is 9.72.